The first-order valence-corrected chi connectivity index (χ1v) is 7.20. The van der Waals surface area contributed by atoms with E-state index in [1.807, 2.05) is 0 Å². The van der Waals surface area contributed by atoms with Crippen LogP contribution in [0.4, 0.5) is 23.2 Å². The number of alkyl halides is 3. The molecule has 0 spiro atoms. The molecule has 5 nitrogen and oxygen atoms in total. The Morgan fingerprint density at radius 3 is 2.42 bits per heavy atom. The Morgan fingerprint density at radius 1 is 1.08 bits per heavy atom. The number of halogens is 4. The van der Waals surface area contributed by atoms with Gasteiger partial charge in [0, 0.05) is 17.3 Å². The zero-order valence-corrected chi connectivity index (χ0v) is 12.9. The third kappa shape index (κ3) is 4.18. The average Bonchev–Trinajstić information content (AvgIpc) is 3.06. The second-order valence-corrected chi connectivity index (χ2v) is 5.08. The van der Waals surface area contributed by atoms with Crippen LogP contribution in [0.2, 0.25) is 0 Å². The third-order valence-corrected chi connectivity index (χ3v) is 3.23. The number of carbonyl (C=O) groups is 1. The molecule has 0 bridgehead atoms. The van der Waals surface area contributed by atoms with Crippen LogP contribution in [0.5, 0.6) is 5.75 Å². The average molecular weight is 366 g/mol. The van der Waals surface area contributed by atoms with Gasteiger partial charge in [-0.3, -0.25) is 4.79 Å². The highest BCUT2D eigenvalue weighted by Crippen LogP contribution is 2.25. The van der Waals surface area contributed by atoms with Gasteiger partial charge in [0.2, 0.25) is 5.76 Å². The largest absolute Gasteiger partial charge is 0.573 e. The van der Waals surface area contributed by atoms with E-state index in [-0.39, 0.29) is 22.7 Å². The maximum atomic E-state index is 13.7. The first-order chi connectivity index (χ1) is 12.3. The molecular formula is C17H10F4N2O3. The lowest BCUT2D eigenvalue weighted by Crippen LogP contribution is -2.17. The monoisotopic (exact) mass is 366 g/mol. The summed E-state index contributed by atoms with van der Waals surface area (Å²) in [5.41, 5.74) is 0.527. The Morgan fingerprint density at radius 2 is 1.77 bits per heavy atom. The predicted molar refractivity (Wildman–Crippen MR) is 83.0 cm³/mol. The van der Waals surface area contributed by atoms with E-state index in [1.165, 1.54) is 36.4 Å². The van der Waals surface area contributed by atoms with Gasteiger partial charge in [0.15, 0.2) is 0 Å². The zero-order valence-electron chi connectivity index (χ0n) is 12.9. The van der Waals surface area contributed by atoms with Gasteiger partial charge in [-0.1, -0.05) is 17.3 Å². The number of ether oxygens (including phenoxy) is 1. The lowest BCUT2D eigenvalue weighted by atomic mass is 10.1. The highest BCUT2D eigenvalue weighted by Gasteiger charge is 2.31. The maximum Gasteiger partial charge on any atom is 0.573 e. The summed E-state index contributed by atoms with van der Waals surface area (Å²) >= 11 is 0. The van der Waals surface area contributed by atoms with Crippen molar-refractivity contribution in [2.45, 2.75) is 6.36 Å². The molecule has 9 heteroatoms. The van der Waals surface area contributed by atoms with Crippen LogP contribution in [0, 0.1) is 5.82 Å². The van der Waals surface area contributed by atoms with Gasteiger partial charge in [-0.2, -0.15) is 0 Å². The van der Waals surface area contributed by atoms with Crippen LogP contribution in [-0.4, -0.2) is 17.4 Å². The standard InChI is InChI=1S/C17H10F4N2O3/c18-13-4-2-1-3-12(13)14-9-15(26-23-14)16(24)22-10-5-7-11(8-6-10)25-17(19,20)21/h1-9H,(H,22,24). The summed E-state index contributed by atoms with van der Waals surface area (Å²) in [6.45, 7) is 0. The van der Waals surface area contributed by atoms with E-state index in [9.17, 15) is 22.4 Å². The summed E-state index contributed by atoms with van der Waals surface area (Å²) in [4.78, 5) is 12.1. The second-order valence-electron chi connectivity index (χ2n) is 5.08. The van der Waals surface area contributed by atoms with Gasteiger partial charge in [-0.05, 0) is 36.4 Å². The van der Waals surface area contributed by atoms with Crippen molar-refractivity contribution in [2.24, 2.45) is 0 Å². The zero-order chi connectivity index (χ0) is 18.7. The van der Waals surface area contributed by atoms with Crippen molar-refractivity contribution in [3.63, 3.8) is 0 Å². The number of amides is 1. The number of aromatic nitrogens is 1. The van der Waals surface area contributed by atoms with Crippen LogP contribution in [0.25, 0.3) is 11.3 Å². The minimum absolute atomic E-state index is 0.141. The molecule has 1 heterocycles. The number of hydrogen-bond acceptors (Lipinski definition) is 4. The van der Waals surface area contributed by atoms with Gasteiger partial charge in [0.05, 0.1) is 0 Å². The van der Waals surface area contributed by atoms with Gasteiger partial charge in [-0.25, -0.2) is 4.39 Å². The highest BCUT2D eigenvalue weighted by molar-refractivity contribution is 6.02. The quantitative estimate of drug-likeness (QED) is 0.684. The fraction of sp³-hybridized carbons (Fsp3) is 0.0588. The molecule has 0 aliphatic carbocycles. The molecule has 0 fully saturated rings. The molecule has 0 aliphatic rings. The van der Waals surface area contributed by atoms with E-state index in [2.05, 4.69) is 15.2 Å². The van der Waals surface area contributed by atoms with Crippen LogP contribution in [0.1, 0.15) is 10.6 Å². The van der Waals surface area contributed by atoms with E-state index in [4.69, 9.17) is 4.52 Å². The molecule has 1 aromatic heterocycles. The molecule has 1 N–H and O–H groups in total. The van der Waals surface area contributed by atoms with Crippen molar-refractivity contribution < 1.29 is 31.6 Å². The van der Waals surface area contributed by atoms with Crippen LogP contribution < -0.4 is 10.1 Å². The SMILES string of the molecule is O=C(Nc1ccc(OC(F)(F)F)cc1)c1cc(-c2ccccc2F)no1. The van der Waals surface area contributed by atoms with Crippen molar-refractivity contribution in [1.82, 2.24) is 5.16 Å². The number of benzene rings is 2. The highest BCUT2D eigenvalue weighted by atomic mass is 19.4. The molecule has 1 amide bonds. The van der Waals surface area contributed by atoms with Crippen LogP contribution >= 0.6 is 0 Å². The van der Waals surface area contributed by atoms with E-state index >= 15 is 0 Å². The predicted octanol–water partition coefficient (Wildman–Crippen LogP) is 4.63. The van der Waals surface area contributed by atoms with Crippen molar-refractivity contribution in [1.29, 1.82) is 0 Å². The molecular weight excluding hydrogens is 356 g/mol. The first-order valence-electron chi connectivity index (χ1n) is 7.20. The topological polar surface area (TPSA) is 64.4 Å². The van der Waals surface area contributed by atoms with Crippen molar-refractivity contribution in [3.8, 4) is 17.0 Å². The number of nitrogens with zero attached hydrogens (tertiary/aromatic N) is 1. The molecule has 26 heavy (non-hydrogen) atoms. The molecule has 0 unspecified atom stereocenters. The van der Waals surface area contributed by atoms with Gasteiger partial charge in [-0.15, -0.1) is 13.2 Å². The lowest BCUT2D eigenvalue weighted by molar-refractivity contribution is -0.274. The summed E-state index contributed by atoms with van der Waals surface area (Å²) in [5, 5.41) is 6.07. The summed E-state index contributed by atoms with van der Waals surface area (Å²) in [7, 11) is 0. The molecule has 3 aromatic rings. The van der Waals surface area contributed by atoms with Gasteiger partial charge < -0.3 is 14.6 Å². The van der Waals surface area contributed by atoms with Gasteiger partial charge in [0.25, 0.3) is 5.91 Å². The smallest absolute Gasteiger partial charge is 0.406 e. The number of rotatable bonds is 4. The Kier molecular flexibility index (Phi) is 4.61. The summed E-state index contributed by atoms with van der Waals surface area (Å²) in [5.74, 6) is -1.81. The molecule has 3 rings (SSSR count). The molecule has 0 aliphatic heterocycles. The normalized spacial score (nSPS) is 11.2. The minimum Gasteiger partial charge on any atom is -0.406 e. The van der Waals surface area contributed by atoms with Crippen molar-refractivity contribution in [2.75, 3.05) is 5.32 Å². The van der Waals surface area contributed by atoms with E-state index < -0.39 is 23.8 Å². The first kappa shape index (κ1) is 17.5. The molecule has 0 atom stereocenters. The van der Waals surface area contributed by atoms with Gasteiger partial charge >= 0.3 is 6.36 Å². The van der Waals surface area contributed by atoms with Crippen molar-refractivity contribution >= 4 is 11.6 Å². The molecule has 134 valence electrons. The second kappa shape index (κ2) is 6.87. The molecule has 0 saturated carbocycles. The summed E-state index contributed by atoms with van der Waals surface area (Å²) in [6, 6.07) is 11.7. The van der Waals surface area contributed by atoms with E-state index in [0.717, 1.165) is 12.1 Å². The number of carbonyl (C=O) groups excluding carboxylic acids is 1. The third-order valence-electron chi connectivity index (χ3n) is 3.23. The number of nitrogens with one attached hydrogen (secondary N) is 1. The fourth-order valence-electron chi connectivity index (χ4n) is 2.11. The summed E-state index contributed by atoms with van der Waals surface area (Å²) in [6.07, 6.45) is -4.80. The van der Waals surface area contributed by atoms with Gasteiger partial charge in [0.1, 0.15) is 17.3 Å². The Labute approximate surface area is 144 Å². The number of hydrogen-bond donors (Lipinski definition) is 1. The van der Waals surface area contributed by atoms with E-state index in [1.54, 1.807) is 6.07 Å². The Balaban J connectivity index is 1.70. The van der Waals surface area contributed by atoms with Crippen molar-refractivity contribution in [3.05, 3.63) is 66.2 Å². The lowest BCUT2D eigenvalue weighted by Gasteiger charge is -2.09. The Bertz CT molecular complexity index is 920. The van der Waals surface area contributed by atoms with E-state index in [0.29, 0.717) is 0 Å². The molecule has 0 saturated heterocycles. The Hall–Kier alpha value is -3.36. The van der Waals surface area contributed by atoms with Crippen LogP contribution in [0.15, 0.2) is 59.1 Å². The number of anilines is 1. The van der Waals surface area contributed by atoms with Crippen LogP contribution in [-0.2, 0) is 0 Å². The fourth-order valence-corrected chi connectivity index (χ4v) is 2.11. The summed E-state index contributed by atoms with van der Waals surface area (Å²) < 4.78 is 58.7. The van der Waals surface area contributed by atoms with Crippen LogP contribution in [0.3, 0.4) is 0 Å². The maximum absolute atomic E-state index is 13.7. The molecule has 2 aromatic carbocycles. The molecule has 0 radical (unpaired) electrons. The minimum atomic E-state index is -4.80.